The molecular weight excluding hydrogens is 318 g/mol. The third-order valence-electron chi connectivity index (χ3n) is 4.84. The molecule has 0 spiro atoms. The van der Waals surface area contributed by atoms with Gasteiger partial charge < -0.3 is 10.1 Å². The van der Waals surface area contributed by atoms with Crippen molar-refractivity contribution in [2.24, 2.45) is 5.92 Å². The van der Waals surface area contributed by atoms with Gasteiger partial charge in [-0.15, -0.1) is 0 Å². The van der Waals surface area contributed by atoms with Crippen molar-refractivity contribution in [2.75, 3.05) is 13.2 Å². The Morgan fingerprint density at radius 3 is 2.96 bits per heavy atom. The van der Waals surface area contributed by atoms with E-state index < -0.39 is 0 Å². The molecule has 0 aliphatic heterocycles. The highest BCUT2D eigenvalue weighted by Gasteiger charge is 2.21. The van der Waals surface area contributed by atoms with Crippen LogP contribution in [-0.4, -0.2) is 34.7 Å². The highest BCUT2D eigenvalue weighted by Crippen LogP contribution is 2.25. The van der Waals surface area contributed by atoms with E-state index in [1.165, 1.54) is 30.0 Å². The molecular formula is C19H25N3O3. The number of nitrogens with one attached hydrogen (secondary N) is 1. The van der Waals surface area contributed by atoms with E-state index in [0.29, 0.717) is 36.2 Å². The van der Waals surface area contributed by atoms with Gasteiger partial charge in [0.25, 0.3) is 5.56 Å². The molecule has 0 radical (unpaired) electrons. The first-order valence-electron chi connectivity index (χ1n) is 8.98. The lowest BCUT2D eigenvalue weighted by molar-refractivity contribution is -0.122. The van der Waals surface area contributed by atoms with Gasteiger partial charge in [0.05, 0.1) is 29.9 Å². The SMILES string of the molecule is C[C@@H]1CCCC[C@H]1OCCNC(=O)Cn1c(=O)cnc2ccccc21. The molecule has 2 atom stereocenters. The lowest BCUT2D eigenvalue weighted by Gasteiger charge is -2.28. The minimum atomic E-state index is -0.277. The molecule has 0 unspecified atom stereocenters. The van der Waals surface area contributed by atoms with Crippen molar-refractivity contribution < 1.29 is 9.53 Å². The van der Waals surface area contributed by atoms with Gasteiger partial charge in [-0.1, -0.05) is 31.9 Å². The fraction of sp³-hybridized carbons (Fsp3) is 0.526. The predicted octanol–water partition coefficient (Wildman–Crippen LogP) is 2.11. The van der Waals surface area contributed by atoms with Gasteiger partial charge in [-0.05, 0) is 30.9 Å². The number of amides is 1. The molecule has 0 bridgehead atoms. The zero-order valence-electron chi connectivity index (χ0n) is 14.6. The monoisotopic (exact) mass is 343 g/mol. The molecule has 1 fully saturated rings. The number of ether oxygens (including phenoxy) is 1. The van der Waals surface area contributed by atoms with Crippen LogP contribution in [0.15, 0.2) is 35.3 Å². The number of hydrogen-bond acceptors (Lipinski definition) is 4. The summed E-state index contributed by atoms with van der Waals surface area (Å²) < 4.78 is 7.34. The number of benzene rings is 1. The Kier molecular flexibility index (Phi) is 5.81. The summed E-state index contributed by atoms with van der Waals surface area (Å²) >= 11 is 0. The molecule has 1 aromatic heterocycles. The van der Waals surface area contributed by atoms with Crippen LogP contribution in [0.25, 0.3) is 11.0 Å². The van der Waals surface area contributed by atoms with Gasteiger partial charge in [0.2, 0.25) is 5.91 Å². The number of hydrogen-bond donors (Lipinski definition) is 1. The first-order chi connectivity index (χ1) is 12.1. The second-order valence-corrected chi connectivity index (χ2v) is 6.69. The zero-order valence-corrected chi connectivity index (χ0v) is 14.6. The predicted molar refractivity (Wildman–Crippen MR) is 96.4 cm³/mol. The molecule has 1 amide bonds. The van der Waals surface area contributed by atoms with Gasteiger partial charge in [-0.3, -0.25) is 14.2 Å². The van der Waals surface area contributed by atoms with Crippen LogP contribution in [-0.2, 0) is 16.1 Å². The van der Waals surface area contributed by atoms with Gasteiger partial charge in [0, 0.05) is 6.54 Å². The largest absolute Gasteiger partial charge is 0.376 e. The standard InChI is InChI=1S/C19H25N3O3/c1-14-6-2-5-9-17(14)25-11-10-20-18(23)13-22-16-8-4-3-7-15(16)21-12-19(22)24/h3-4,7-8,12,14,17H,2,5-6,9-11,13H2,1H3,(H,20,23)/t14-,17-/m1/s1. The molecule has 1 N–H and O–H groups in total. The number of para-hydroxylation sites is 2. The number of rotatable bonds is 6. The Hall–Kier alpha value is -2.21. The van der Waals surface area contributed by atoms with E-state index in [-0.39, 0.29) is 18.0 Å². The summed E-state index contributed by atoms with van der Waals surface area (Å²) in [7, 11) is 0. The molecule has 0 saturated heterocycles. The molecule has 25 heavy (non-hydrogen) atoms. The zero-order chi connectivity index (χ0) is 17.6. The Morgan fingerprint density at radius 2 is 2.12 bits per heavy atom. The van der Waals surface area contributed by atoms with Crippen molar-refractivity contribution in [2.45, 2.75) is 45.3 Å². The lowest BCUT2D eigenvalue weighted by Crippen LogP contribution is -2.35. The molecule has 6 heteroatoms. The number of carbonyl (C=O) groups excluding carboxylic acids is 1. The lowest BCUT2D eigenvalue weighted by atomic mass is 9.88. The molecule has 1 aromatic carbocycles. The number of fused-ring (bicyclic) bond motifs is 1. The summed E-state index contributed by atoms with van der Waals surface area (Å²) in [6, 6.07) is 7.30. The van der Waals surface area contributed by atoms with E-state index in [2.05, 4.69) is 17.2 Å². The Labute approximate surface area is 147 Å². The normalized spacial score (nSPS) is 20.5. The van der Waals surface area contributed by atoms with Crippen LogP contribution in [0.3, 0.4) is 0 Å². The second-order valence-electron chi connectivity index (χ2n) is 6.69. The molecule has 1 aliphatic carbocycles. The van der Waals surface area contributed by atoms with E-state index in [9.17, 15) is 9.59 Å². The van der Waals surface area contributed by atoms with Gasteiger partial charge in [0.1, 0.15) is 6.54 Å². The quantitative estimate of drug-likeness (QED) is 0.815. The third kappa shape index (κ3) is 4.45. The second kappa shape index (κ2) is 8.25. The molecule has 1 heterocycles. The van der Waals surface area contributed by atoms with Crippen LogP contribution in [0.2, 0.25) is 0 Å². The Balaban J connectivity index is 1.51. The van der Waals surface area contributed by atoms with Crippen LogP contribution < -0.4 is 10.9 Å². The van der Waals surface area contributed by atoms with E-state index >= 15 is 0 Å². The van der Waals surface area contributed by atoms with Crippen molar-refractivity contribution in [3.05, 3.63) is 40.8 Å². The molecule has 6 nitrogen and oxygen atoms in total. The third-order valence-corrected chi connectivity index (χ3v) is 4.84. The average Bonchev–Trinajstić information content (AvgIpc) is 2.62. The van der Waals surface area contributed by atoms with E-state index in [0.717, 1.165) is 6.42 Å². The molecule has 1 aliphatic rings. The van der Waals surface area contributed by atoms with Crippen molar-refractivity contribution in [1.29, 1.82) is 0 Å². The van der Waals surface area contributed by atoms with Gasteiger partial charge in [-0.25, -0.2) is 4.98 Å². The molecule has 1 saturated carbocycles. The minimum Gasteiger partial charge on any atom is -0.376 e. The smallest absolute Gasteiger partial charge is 0.269 e. The fourth-order valence-electron chi connectivity index (χ4n) is 3.41. The van der Waals surface area contributed by atoms with Crippen molar-refractivity contribution in [1.82, 2.24) is 14.9 Å². The topological polar surface area (TPSA) is 73.2 Å². The first kappa shape index (κ1) is 17.6. The summed E-state index contributed by atoms with van der Waals surface area (Å²) in [6.07, 6.45) is 6.38. The summed E-state index contributed by atoms with van der Waals surface area (Å²) in [5.41, 5.74) is 1.09. The average molecular weight is 343 g/mol. The number of carbonyl (C=O) groups is 1. The maximum Gasteiger partial charge on any atom is 0.269 e. The van der Waals surface area contributed by atoms with Crippen LogP contribution in [0.4, 0.5) is 0 Å². The Morgan fingerprint density at radius 1 is 1.32 bits per heavy atom. The number of nitrogens with zero attached hydrogens (tertiary/aromatic N) is 2. The summed E-state index contributed by atoms with van der Waals surface area (Å²) in [5, 5.41) is 2.83. The van der Waals surface area contributed by atoms with Gasteiger partial charge >= 0.3 is 0 Å². The van der Waals surface area contributed by atoms with Crippen LogP contribution in [0.5, 0.6) is 0 Å². The van der Waals surface area contributed by atoms with Crippen LogP contribution in [0.1, 0.15) is 32.6 Å². The summed E-state index contributed by atoms with van der Waals surface area (Å²) in [5.74, 6) is 0.393. The van der Waals surface area contributed by atoms with Gasteiger partial charge in [0.15, 0.2) is 0 Å². The highest BCUT2D eigenvalue weighted by molar-refractivity contribution is 5.79. The summed E-state index contributed by atoms with van der Waals surface area (Å²) in [6.45, 7) is 3.18. The van der Waals surface area contributed by atoms with Crippen molar-refractivity contribution >= 4 is 16.9 Å². The molecule has 3 rings (SSSR count). The fourth-order valence-corrected chi connectivity index (χ4v) is 3.41. The maximum absolute atomic E-state index is 12.2. The van der Waals surface area contributed by atoms with E-state index in [1.54, 1.807) is 6.07 Å². The van der Waals surface area contributed by atoms with E-state index in [1.807, 2.05) is 18.2 Å². The maximum atomic E-state index is 12.2. The molecule has 134 valence electrons. The summed E-state index contributed by atoms with van der Waals surface area (Å²) in [4.78, 5) is 28.3. The van der Waals surface area contributed by atoms with Crippen molar-refractivity contribution in [3.8, 4) is 0 Å². The highest BCUT2D eigenvalue weighted by atomic mass is 16.5. The van der Waals surface area contributed by atoms with Crippen LogP contribution in [0, 0.1) is 5.92 Å². The molecule has 2 aromatic rings. The van der Waals surface area contributed by atoms with Crippen LogP contribution >= 0.6 is 0 Å². The van der Waals surface area contributed by atoms with E-state index in [4.69, 9.17) is 4.74 Å². The number of aromatic nitrogens is 2. The Bertz CT molecular complexity index is 787. The van der Waals surface area contributed by atoms with Crippen molar-refractivity contribution in [3.63, 3.8) is 0 Å². The first-order valence-corrected chi connectivity index (χ1v) is 8.98. The minimum absolute atomic E-state index is 0.0122. The van der Waals surface area contributed by atoms with Gasteiger partial charge in [-0.2, -0.15) is 0 Å².